The van der Waals surface area contributed by atoms with Crippen molar-refractivity contribution in [2.24, 2.45) is 0 Å². The van der Waals surface area contributed by atoms with Crippen LogP contribution in [-0.2, 0) is 40.2 Å². The molecule has 0 saturated carbocycles. The van der Waals surface area contributed by atoms with E-state index in [1.807, 2.05) is 30.3 Å². The molecular weight excluding hydrogens is 468 g/mol. The van der Waals surface area contributed by atoms with E-state index in [-0.39, 0.29) is 25.0 Å². The van der Waals surface area contributed by atoms with E-state index < -0.39 is 0 Å². The standard InChI is InChI=1S/C25H42N4O7/c1-32-24(30)19-27-11-9-26(17-18-36-34-3)10-15-29(22-35-21-23-7-5-4-6-8-23)16-14-28(13-12-27)20-25(31)33-2/h4-8H,9-22H2,1-3H3. The zero-order valence-electron chi connectivity index (χ0n) is 21.9. The molecule has 0 aliphatic carbocycles. The van der Waals surface area contributed by atoms with Crippen LogP contribution in [0.2, 0.25) is 0 Å². The quantitative estimate of drug-likeness (QED) is 0.168. The Kier molecular flexibility index (Phi) is 15.2. The number of benzene rings is 1. The highest BCUT2D eigenvalue weighted by atomic mass is 17.2. The number of methoxy groups -OCH3 is 2. The highest BCUT2D eigenvalue weighted by Gasteiger charge is 2.20. The van der Waals surface area contributed by atoms with E-state index in [4.69, 9.17) is 24.0 Å². The molecular formula is C25H42N4O7. The third-order valence-corrected chi connectivity index (χ3v) is 6.08. The molecule has 0 bridgehead atoms. The zero-order valence-corrected chi connectivity index (χ0v) is 21.9. The van der Waals surface area contributed by atoms with Crippen molar-refractivity contribution in [3.05, 3.63) is 35.9 Å². The zero-order chi connectivity index (χ0) is 26.0. The number of carbonyl (C=O) groups is 2. The molecule has 1 aliphatic heterocycles. The van der Waals surface area contributed by atoms with Gasteiger partial charge in [-0.05, 0) is 5.56 Å². The van der Waals surface area contributed by atoms with Crippen LogP contribution in [0.5, 0.6) is 0 Å². The molecule has 0 unspecified atom stereocenters. The summed E-state index contributed by atoms with van der Waals surface area (Å²) in [7, 11) is 4.29. The van der Waals surface area contributed by atoms with Crippen molar-refractivity contribution in [3.8, 4) is 0 Å². The molecule has 0 aromatic heterocycles. The van der Waals surface area contributed by atoms with E-state index >= 15 is 0 Å². The summed E-state index contributed by atoms with van der Waals surface area (Å²) >= 11 is 0. The topological polar surface area (TPSA) is 93.3 Å². The third kappa shape index (κ3) is 12.7. The van der Waals surface area contributed by atoms with E-state index in [9.17, 15) is 9.59 Å². The second kappa shape index (κ2) is 18.2. The highest BCUT2D eigenvalue weighted by Crippen LogP contribution is 2.05. The molecule has 204 valence electrons. The maximum atomic E-state index is 12.0. The van der Waals surface area contributed by atoms with Crippen LogP contribution in [0.25, 0.3) is 0 Å². The van der Waals surface area contributed by atoms with Crippen LogP contribution in [-0.4, -0.2) is 138 Å². The molecule has 1 aromatic carbocycles. The Morgan fingerprint density at radius 2 is 1.22 bits per heavy atom. The molecule has 0 atom stereocenters. The number of carbonyl (C=O) groups excluding carboxylic acids is 2. The van der Waals surface area contributed by atoms with Gasteiger partial charge in [0.25, 0.3) is 0 Å². The summed E-state index contributed by atoms with van der Waals surface area (Å²) in [4.78, 5) is 42.5. The van der Waals surface area contributed by atoms with Gasteiger partial charge in [0.1, 0.15) is 0 Å². The average Bonchev–Trinajstić information content (AvgIpc) is 2.89. The van der Waals surface area contributed by atoms with Crippen molar-refractivity contribution in [2.75, 3.05) is 107 Å². The lowest BCUT2D eigenvalue weighted by Crippen LogP contribution is -2.48. The fourth-order valence-corrected chi connectivity index (χ4v) is 3.86. The first kappa shape index (κ1) is 30.1. The molecule has 0 amide bonds. The average molecular weight is 511 g/mol. The predicted octanol–water partition coefficient (Wildman–Crippen LogP) is 0.306. The molecule has 0 spiro atoms. The summed E-state index contributed by atoms with van der Waals surface area (Å²) in [5, 5.41) is 0. The molecule has 0 N–H and O–H groups in total. The largest absolute Gasteiger partial charge is 0.468 e. The Bertz CT molecular complexity index is 740. The Hall–Kier alpha value is -2.12. The van der Waals surface area contributed by atoms with E-state index in [0.717, 1.165) is 31.7 Å². The summed E-state index contributed by atoms with van der Waals surface area (Å²) in [6.45, 7) is 8.22. The van der Waals surface area contributed by atoms with Gasteiger partial charge in [0, 0.05) is 58.9 Å². The minimum Gasteiger partial charge on any atom is -0.468 e. The molecule has 2 rings (SSSR count). The van der Waals surface area contributed by atoms with E-state index in [0.29, 0.717) is 52.7 Å². The molecule has 11 heteroatoms. The molecule has 1 heterocycles. The maximum Gasteiger partial charge on any atom is 0.319 e. The minimum absolute atomic E-state index is 0.196. The van der Waals surface area contributed by atoms with Crippen molar-refractivity contribution < 1.29 is 33.6 Å². The van der Waals surface area contributed by atoms with Gasteiger partial charge < -0.3 is 14.2 Å². The first-order valence-electron chi connectivity index (χ1n) is 12.3. The summed E-state index contributed by atoms with van der Waals surface area (Å²) in [5.74, 6) is -0.560. The maximum absolute atomic E-state index is 12.0. The highest BCUT2D eigenvalue weighted by molar-refractivity contribution is 5.71. The van der Waals surface area contributed by atoms with E-state index in [1.54, 1.807) is 0 Å². The number of esters is 2. The van der Waals surface area contributed by atoms with Gasteiger partial charge in [0.2, 0.25) is 0 Å². The second-order valence-electron chi connectivity index (χ2n) is 8.62. The number of ether oxygens (including phenoxy) is 3. The van der Waals surface area contributed by atoms with Crippen LogP contribution in [0, 0.1) is 0 Å². The van der Waals surface area contributed by atoms with Crippen LogP contribution >= 0.6 is 0 Å². The van der Waals surface area contributed by atoms with Crippen LogP contribution in [0.1, 0.15) is 5.56 Å². The lowest BCUT2D eigenvalue weighted by atomic mass is 10.2. The number of hydrogen-bond donors (Lipinski definition) is 0. The minimum atomic E-state index is -0.280. The van der Waals surface area contributed by atoms with Gasteiger partial charge in [0.15, 0.2) is 0 Å². The van der Waals surface area contributed by atoms with Gasteiger partial charge in [-0.25, -0.2) is 9.78 Å². The fraction of sp³-hybridized carbons (Fsp3) is 0.680. The molecule has 36 heavy (non-hydrogen) atoms. The van der Waals surface area contributed by atoms with Gasteiger partial charge in [-0.3, -0.25) is 29.2 Å². The van der Waals surface area contributed by atoms with Gasteiger partial charge >= 0.3 is 11.9 Å². The second-order valence-corrected chi connectivity index (χ2v) is 8.62. The monoisotopic (exact) mass is 510 g/mol. The first-order valence-corrected chi connectivity index (χ1v) is 12.3. The van der Waals surface area contributed by atoms with Gasteiger partial charge in [-0.1, -0.05) is 30.3 Å². The van der Waals surface area contributed by atoms with Crippen molar-refractivity contribution in [2.45, 2.75) is 6.61 Å². The molecule has 11 nitrogen and oxygen atoms in total. The summed E-state index contributed by atoms with van der Waals surface area (Å²) < 4.78 is 15.8. The Morgan fingerprint density at radius 1 is 0.722 bits per heavy atom. The van der Waals surface area contributed by atoms with Crippen molar-refractivity contribution in [1.82, 2.24) is 19.6 Å². The number of rotatable bonds is 12. The van der Waals surface area contributed by atoms with Crippen LogP contribution in [0.4, 0.5) is 0 Å². The van der Waals surface area contributed by atoms with Crippen molar-refractivity contribution in [3.63, 3.8) is 0 Å². The SMILES string of the molecule is COOCCN1CCN(COCc2ccccc2)CCN(CC(=O)OC)CCN(CC(=O)OC)CC1. The molecule has 0 radical (unpaired) electrons. The lowest BCUT2D eigenvalue weighted by molar-refractivity contribution is -0.273. The van der Waals surface area contributed by atoms with Gasteiger partial charge in [-0.2, -0.15) is 0 Å². The first-order chi connectivity index (χ1) is 17.5. The lowest BCUT2D eigenvalue weighted by Gasteiger charge is -2.33. The van der Waals surface area contributed by atoms with Crippen LogP contribution in [0.3, 0.4) is 0 Å². The van der Waals surface area contributed by atoms with Gasteiger partial charge in [-0.15, -0.1) is 0 Å². The fourth-order valence-electron chi connectivity index (χ4n) is 3.86. The molecule has 1 fully saturated rings. The molecule has 1 aromatic rings. The molecule has 1 aliphatic rings. The smallest absolute Gasteiger partial charge is 0.319 e. The molecule has 1 saturated heterocycles. The summed E-state index contributed by atoms with van der Waals surface area (Å²) in [6, 6.07) is 10.1. The number of nitrogens with zero attached hydrogens (tertiary/aromatic N) is 4. The van der Waals surface area contributed by atoms with E-state index in [1.165, 1.54) is 21.3 Å². The van der Waals surface area contributed by atoms with Crippen LogP contribution in [0.15, 0.2) is 30.3 Å². The van der Waals surface area contributed by atoms with Crippen molar-refractivity contribution in [1.29, 1.82) is 0 Å². The Labute approximate surface area is 214 Å². The third-order valence-electron chi connectivity index (χ3n) is 6.08. The Balaban J connectivity index is 2.06. The van der Waals surface area contributed by atoms with E-state index in [2.05, 4.69) is 19.6 Å². The Morgan fingerprint density at radius 3 is 1.72 bits per heavy atom. The normalized spacial score (nSPS) is 17.8. The summed E-state index contributed by atoms with van der Waals surface area (Å²) in [5.41, 5.74) is 1.13. The summed E-state index contributed by atoms with van der Waals surface area (Å²) in [6.07, 6.45) is 0. The van der Waals surface area contributed by atoms with Crippen LogP contribution < -0.4 is 0 Å². The number of hydrogen-bond acceptors (Lipinski definition) is 11. The predicted molar refractivity (Wildman–Crippen MR) is 134 cm³/mol. The van der Waals surface area contributed by atoms with Gasteiger partial charge in [0.05, 0.1) is 54.4 Å². The van der Waals surface area contributed by atoms with Crippen molar-refractivity contribution >= 4 is 11.9 Å².